The van der Waals surface area contributed by atoms with Gasteiger partial charge in [0.25, 0.3) is 5.91 Å². The number of carboxylic acids is 1. The van der Waals surface area contributed by atoms with Crippen molar-refractivity contribution in [3.05, 3.63) is 94.1 Å². The third kappa shape index (κ3) is 8.27. The van der Waals surface area contributed by atoms with Crippen molar-refractivity contribution >= 4 is 69.3 Å². The molecule has 3 aromatic carbocycles. The molecule has 2 N–H and O–H groups in total. The van der Waals surface area contributed by atoms with Crippen molar-refractivity contribution < 1.29 is 14.7 Å². The van der Waals surface area contributed by atoms with Crippen molar-refractivity contribution in [1.82, 2.24) is 15.2 Å². The molecule has 0 aliphatic carbocycles. The first kappa shape index (κ1) is 30.5. The molecule has 0 fully saturated rings. The van der Waals surface area contributed by atoms with Gasteiger partial charge in [-0.1, -0.05) is 47.5 Å². The maximum absolute atomic E-state index is 13.4. The first-order valence-corrected chi connectivity index (χ1v) is 14.4. The number of carboxylic acid groups (broad SMARTS) is 1. The lowest BCUT2D eigenvalue weighted by atomic mass is 10.0. The molecule has 8 nitrogen and oxygen atoms in total. The summed E-state index contributed by atoms with van der Waals surface area (Å²) in [4.78, 5) is 34.5. The molecule has 1 aromatic heterocycles. The van der Waals surface area contributed by atoms with Gasteiger partial charge in [-0.2, -0.15) is 0 Å². The van der Waals surface area contributed by atoms with Crippen molar-refractivity contribution in [2.24, 2.45) is 0 Å². The maximum Gasteiger partial charge on any atom is 0.324 e. The minimum Gasteiger partial charge on any atom is -0.480 e. The molecular weight excluding hydrogens is 581 g/mol. The molecule has 0 aliphatic heterocycles. The normalized spacial score (nSPS) is 11.1. The van der Waals surface area contributed by atoms with Gasteiger partial charge in [-0.3, -0.25) is 9.59 Å². The fraction of sp³-hybridized carbons (Fsp3) is 0.233. The van der Waals surface area contributed by atoms with Crippen LogP contribution in [0.15, 0.2) is 77.8 Å². The van der Waals surface area contributed by atoms with Crippen LogP contribution in [0.1, 0.15) is 15.9 Å². The van der Waals surface area contributed by atoms with E-state index in [4.69, 9.17) is 23.2 Å². The number of hydrogen-bond donors (Lipinski definition) is 2. The molecule has 0 spiro atoms. The fourth-order valence-corrected chi connectivity index (χ4v) is 5.93. The standard InChI is InChI=1S/C30H31Cl2N5O3S/c1-35(2)12-13-36(3)28-14-20(10-11-33-28)18-34-30(40)26-8-4-7-25-24(26)6-5-9-27(25)37(19-29(38)39)41-23-16-21(31)15-22(32)17-23/h4-11,14-17H,12-13,18-19H2,1-3H3,(H,34,40)(H,38,39). The fourth-order valence-electron chi connectivity index (χ4n) is 4.23. The van der Waals surface area contributed by atoms with Crippen LogP contribution in [0.2, 0.25) is 10.0 Å². The summed E-state index contributed by atoms with van der Waals surface area (Å²) in [6.45, 7) is 1.79. The Morgan fingerprint density at radius 2 is 1.63 bits per heavy atom. The zero-order chi connectivity index (χ0) is 29.5. The Bertz CT molecular complexity index is 1530. The van der Waals surface area contributed by atoms with Crippen LogP contribution in [0.4, 0.5) is 11.5 Å². The number of nitrogens with zero attached hydrogens (tertiary/aromatic N) is 4. The number of fused-ring (bicyclic) bond motifs is 1. The molecule has 1 heterocycles. The third-order valence-corrected chi connectivity index (χ3v) is 7.71. The predicted molar refractivity (Wildman–Crippen MR) is 168 cm³/mol. The first-order chi connectivity index (χ1) is 19.6. The van der Waals surface area contributed by atoms with Crippen LogP contribution in [0.25, 0.3) is 10.8 Å². The van der Waals surface area contributed by atoms with E-state index in [1.807, 2.05) is 57.5 Å². The van der Waals surface area contributed by atoms with Crippen molar-refractivity contribution in [3.8, 4) is 0 Å². The van der Waals surface area contributed by atoms with Crippen LogP contribution in [-0.4, -0.2) is 67.6 Å². The molecule has 0 radical (unpaired) electrons. The summed E-state index contributed by atoms with van der Waals surface area (Å²) in [7, 11) is 6.05. The number of pyridine rings is 1. The molecule has 0 bridgehead atoms. The number of rotatable bonds is 12. The van der Waals surface area contributed by atoms with Crippen LogP contribution in [-0.2, 0) is 11.3 Å². The number of carbonyl (C=O) groups is 2. The zero-order valence-corrected chi connectivity index (χ0v) is 25.3. The summed E-state index contributed by atoms with van der Waals surface area (Å²) in [5.41, 5.74) is 2.08. The van der Waals surface area contributed by atoms with Gasteiger partial charge in [0.1, 0.15) is 12.4 Å². The minimum absolute atomic E-state index is 0.230. The molecule has 41 heavy (non-hydrogen) atoms. The molecule has 0 saturated carbocycles. The number of amides is 1. The van der Waals surface area contributed by atoms with Gasteiger partial charge in [-0.05, 0) is 79.5 Å². The smallest absolute Gasteiger partial charge is 0.324 e. The molecule has 1 amide bonds. The van der Waals surface area contributed by atoms with E-state index in [0.29, 0.717) is 38.1 Å². The van der Waals surface area contributed by atoms with E-state index in [9.17, 15) is 14.7 Å². The van der Waals surface area contributed by atoms with Crippen LogP contribution in [0.5, 0.6) is 0 Å². The molecule has 4 rings (SSSR count). The topological polar surface area (TPSA) is 89.0 Å². The molecular formula is C30H31Cl2N5O3S. The molecule has 214 valence electrons. The average molecular weight is 613 g/mol. The highest BCUT2D eigenvalue weighted by Gasteiger charge is 2.19. The second-order valence-electron chi connectivity index (χ2n) is 9.73. The molecule has 4 aromatic rings. The summed E-state index contributed by atoms with van der Waals surface area (Å²) >= 11 is 13.6. The number of aliphatic carboxylic acids is 1. The van der Waals surface area contributed by atoms with Crippen molar-refractivity contribution in [3.63, 3.8) is 0 Å². The molecule has 0 aliphatic rings. The van der Waals surface area contributed by atoms with E-state index in [0.717, 1.165) is 29.9 Å². The number of anilines is 2. The minimum atomic E-state index is -0.999. The molecule has 11 heteroatoms. The number of halogens is 2. The van der Waals surface area contributed by atoms with Gasteiger partial charge < -0.3 is 24.5 Å². The average Bonchev–Trinajstić information content (AvgIpc) is 2.93. The monoisotopic (exact) mass is 611 g/mol. The van der Waals surface area contributed by atoms with Crippen LogP contribution in [0, 0.1) is 0 Å². The van der Waals surface area contributed by atoms with Gasteiger partial charge >= 0.3 is 5.97 Å². The predicted octanol–water partition coefficient (Wildman–Crippen LogP) is 6.07. The van der Waals surface area contributed by atoms with Crippen LogP contribution >= 0.6 is 35.1 Å². The number of nitrogens with one attached hydrogen (secondary N) is 1. The molecule has 0 saturated heterocycles. The quantitative estimate of drug-likeness (QED) is 0.187. The van der Waals surface area contributed by atoms with Gasteiger partial charge in [-0.15, -0.1) is 0 Å². The van der Waals surface area contributed by atoms with Gasteiger partial charge in [0, 0.05) is 58.8 Å². The molecule has 0 unspecified atom stereocenters. The van der Waals surface area contributed by atoms with Gasteiger partial charge in [0.05, 0.1) is 5.69 Å². The molecule has 0 atom stereocenters. The highest BCUT2D eigenvalue weighted by Crippen LogP contribution is 2.37. The highest BCUT2D eigenvalue weighted by atomic mass is 35.5. The Labute approximate surface area is 254 Å². The second kappa shape index (κ2) is 13.9. The highest BCUT2D eigenvalue weighted by molar-refractivity contribution is 8.00. The number of likely N-dealkylation sites (N-methyl/N-ethyl adjacent to an activating group) is 2. The van der Waals surface area contributed by atoms with Crippen LogP contribution in [0.3, 0.4) is 0 Å². The summed E-state index contributed by atoms with van der Waals surface area (Å²) in [5.74, 6) is -0.392. The van der Waals surface area contributed by atoms with E-state index in [1.165, 1.54) is 11.9 Å². The number of benzene rings is 3. The number of carbonyl (C=O) groups excluding carboxylic acids is 1. The van der Waals surface area contributed by atoms with Gasteiger partial charge in [0.15, 0.2) is 0 Å². The van der Waals surface area contributed by atoms with Gasteiger partial charge in [-0.25, -0.2) is 4.98 Å². The van der Waals surface area contributed by atoms with E-state index in [-0.39, 0.29) is 12.5 Å². The summed E-state index contributed by atoms with van der Waals surface area (Å²) < 4.78 is 1.65. The Kier molecular flexibility index (Phi) is 10.3. The van der Waals surface area contributed by atoms with E-state index in [2.05, 4.69) is 20.1 Å². The van der Waals surface area contributed by atoms with E-state index >= 15 is 0 Å². The summed E-state index contributed by atoms with van der Waals surface area (Å²) in [6, 6.07) is 19.9. The van der Waals surface area contributed by atoms with Crippen molar-refractivity contribution in [2.45, 2.75) is 11.4 Å². The Hall–Kier alpha value is -3.50. The zero-order valence-electron chi connectivity index (χ0n) is 23.0. The lowest BCUT2D eigenvalue weighted by molar-refractivity contribution is -0.135. The Balaban J connectivity index is 1.57. The van der Waals surface area contributed by atoms with Gasteiger partial charge in [0.2, 0.25) is 0 Å². The number of hydrogen-bond acceptors (Lipinski definition) is 7. The largest absolute Gasteiger partial charge is 0.480 e. The van der Waals surface area contributed by atoms with Crippen molar-refractivity contribution in [2.75, 3.05) is 50.0 Å². The third-order valence-electron chi connectivity index (χ3n) is 6.28. The second-order valence-corrected chi connectivity index (χ2v) is 11.7. The number of aromatic nitrogens is 1. The Morgan fingerprint density at radius 3 is 2.34 bits per heavy atom. The SMILES string of the molecule is CN(C)CCN(C)c1cc(CNC(=O)c2cccc3c(N(CC(=O)O)Sc4cc(Cl)cc(Cl)c4)cccc23)ccn1. The van der Waals surface area contributed by atoms with Crippen molar-refractivity contribution in [1.29, 1.82) is 0 Å². The lowest BCUT2D eigenvalue weighted by Crippen LogP contribution is -2.29. The summed E-state index contributed by atoms with van der Waals surface area (Å²) in [6.07, 6.45) is 1.75. The van der Waals surface area contributed by atoms with Crippen LogP contribution < -0.4 is 14.5 Å². The van der Waals surface area contributed by atoms with E-state index in [1.54, 1.807) is 40.8 Å². The first-order valence-electron chi connectivity index (χ1n) is 12.8. The Morgan fingerprint density at radius 1 is 0.927 bits per heavy atom. The summed E-state index contributed by atoms with van der Waals surface area (Å²) in [5, 5.41) is 15.0. The van der Waals surface area contributed by atoms with E-state index < -0.39 is 5.97 Å². The maximum atomic E-state index is 13.4. The lowest BCUT2D eigenvalue weighted by Gasteiger charge is -2.24.